The second-order valence-electron chi connectivity index (χ2n) is 13.6. The molecule has 4 saturated heterocycles. The van der Waals surface area contributed by atoms with Crippen LogP contribution >= 0.6 is 0 Å². The van der Waals surface area contributed by atoms with E-state index in [4.69, 9.17) is 64.2 Å². The molecule has 19 atom stereocenters. The average Bonchev–Trinajstić information content (AvgIpc) is 3.42. The molecule has 4 aliphatic rings. The van der Waals surface area contributed by atoms with Gasteiger partial charge in [0.05, 0.1) is 39.3 Å². The van der Waals surface area contributed by atoms with Gasteiger partial charge in [-0.15, -0.1) is 0 Å². The number of aliphatic carboxylic acids is 3. The van der Waals surface area contributed by atoms with Gasteiger partial charge in [-0.3, -0.25) is 9.59 Å². The van der Waals surface area contributed by atoms with Gasteiger partial charge < -0.3 is 131 Å². The summed E-state index contributed by atoms with van der Waals surface area (Å²) in [5.74, 6) is -7.24. The lowest BCUT2D eigenvalue weighted by Crippen LogP contribution is -2.64. The predicted octanol–water partition coefficient (Wildman–Crippen LogP) is -12.0. The molecule has 0 bridgehead atoms. The van der Waals surface area contributed by atoms with E-state index in [-0.39, 0.29) is 0 Å². The fraction of sp³-hybridized carbons (Fsp3) is 0.900. The summed E-state index contributed by atoms with van der Waals surface area (Å²) >= 11 is 0. The van der Waals surface area contributed by atoms with Crippen molar-refractivity contribution in [1.82, 2.24) is 0 Å². The van der Waals surface area contributed by atoms with Gasteiger partial charge in [0, 0.05) is 0 Å². The van der Waals surface area contributed by atoms with Crippen LogP contribution in [-0.4, -0.2) is 275 Å². The summed E-state index contributed by atoms with van der Waals surface area (Å²) in [6.07, 6.45) is -30.5. The van der Waals surface area contributed by atoms with E-state index in [9.17, 15) is 80.8 Å². The standard InChI is InChI=1S/2C12H22O11.C6H8O7/c13-1-4-6(16)8(18)9(19)11(21-4)23-12(3-15)10(20)7(17)5(2-14)22-12;13-1-3-5(15)6(16)9(19)12(22-3)23-10-4(2-14)21-11(20)8(18)7(10)17;7-3(8)1-6(13,5(11)12)2-4(9)10/h4-11,13-20H,1-3H2;3-20H,1-2H2;13H,1-2H2,(H,7,8)(H,9,10)(H,11,12)/t4-,5-,6-,7-,8+,9-,10+,11-,12+;3-,4-,5+,6+,7-,8-,9-,10-,11-,12+;/m11./s1. The van der Waals surface area contributed by atoms with Crippen molar-refractivity contribution in [3.63, 3.8) is 0 Å². The largest absolute Gasteiger partial charge is 0.481 e. The Hall–Kier alpha value is -2.51. The number of aliphatic hydroxyl groups is 17. The van der Waals surface area contributed by atoms with Crippen LogP contribution < -0.4 is 0 Å². The number of carboxylic acids is 3. The van der Waals surface area contributed by atoms with Crippen molar-refractivity contribution >= 4 is 17.9 Å². The Bertz CT molecular complexity index is 1300. The minimum Gasteiger partial charge on any atom is -0.481 e. The number of hydrogen-bond donors (Lipinski definition) is 20. The van der Waals surface area contributed by atoms with Gasteiger partial charge in [0.25, 0.3) is 0 Å². The van der Waals surface area contributed by atoms with Crippen LogP contribution in [0.25, 0.3) is 0 Å². The molecule has 0 radical (unpaired) electrons. The van der Waals surface area contributed by atoms with Gasteiger partial charge in [0.2, 0.25) is 5.79 Å². The van der Waals surface area contributed by atoms with E-state index in [1.807, 2.05) is 0 Å². The molecule has 20 N–H and O–H groups in total. The third kappa shape index (κ3) is 12.5. The SMILES string of the molecule is O=C(O)CC(O)(CC(=O)O)C(=O)O.OC[C@H]1O[C@@H](O[C@H]2[C@H](O)[C@@H](O)[C@H](O)O[C@@H]2CO)[C@H](O)[C@@H](O)[C@H]1O.OC[C@H]1O[C@@](CO)(O[C@H]2O[C@H](CO)[C@@H](O)[C@H](O)[C@H]2O)[C@@H](O)[C@@H]1O. The summed E-state index contributed by atoms with van der Waals surface area (Å²) in [4.78, 5) is 30.5. The molecule has 346 valence electrons. The molecule has 29 nitrogen and oxygen atoms in total. The lowest BCUT2D eigenvalue weighted by Gasteiger charge is -2.45. The van der Waals surface area contributed by atoms with Crippen LogP contribution in [0.1, 0.15) is 12.8 Å². The van der Waals surface area contributed by atoms with Crippen LogP contribution in [0.3, 0.4) is 0 Å². The van der Waals surface area contributed by atoms with Crippen LogP contribution in [0.2, 0.25) is 0 Å². The highest BCUT2D eigenvalue weighted by molar-refractivity contribution is 5.88. The van der Waals surface area contributed by atoms with Gasteiger partial charge in [-0.1, -0.05) is 0 Å². The molecule has 4 aliphatic heterocycles. The van der Waals surface area contributed by atoms with Crippen molar-refractivity contribution in [2.24, 2.45) is 0 Å². The number of hydrogen-bond acceptors (Lipinski definition) is 26. The zero-order valence-corrected chi connectivity index (χ0v) is 30.5. The monoisotopic (exact) mass is 876 g/mol. The fourth-order valence-electron chi connectivity index (χ4n) is 5.92. The van der Waals surface area contributed by atoms with E-state index in [1.54, 1.807) is 0 Å². The van der Waals surface area contributed by atoms with E-state index < -0.39 is 186 Å². The molecule has 0 unspecified atom stereocenters. The van der Waals surface area contributed by atoms with Crippen LogP contribution in [0.4, 0.5) is 0 Å². The smallest absolute Gasteiger partial charge is 0.336 e. The first-order chi connectivity index (χ1) is 27.4. The van der Waals surface area contributed by atoms with Crippen molar-refractivity contribution in [2.75, 3.05) is 33.0 Å². The van der Waals surface area contributed by atoms with Gasteiger partial charge in [0.15, 0.2) is 24.5 Å². The minimum atomic E-state index is -2.74. The molecular formula is C30H52O29. The van der Waals surface area contributed by atoms with Crippen LogP contribution in [-0.2, 0) is 42.8 Å². The normalized spacial score (nSPS) is 42.5. The van der Waals surface area contributed by atoms with E-state index in [0.717, 1.165) is 0 Å². The molecule has 0 aromatic rings. The Balaban J connectivity index is 0.000000319. The number of aliphatic hydroxyl groups excluding tert-OH is 16. The number of carboxylic acid groups (broad SMARTS) is 3. The van der Waals surface area contributed by atoms with E-state index in [1.165, 1.54) is 0 Å². The fourth-order valence-corrected chi connectivity index (χ4v) is 5.92. The summed E-state index contributed by atoms with van der Waals surface area (Å²) in [6, 6.07) is 0. The molecule has 4 heterocycles. The third-order valence-corrected chi connectivity index (χ3v) is 9.33. The van der Waals surface area contributed by atoms with Gasteiger partial charge >= 0.3 is 17.9 Å². The summed E-state index contributed by atoms with van der Waals surface area (Å²) in [6.45, 7) is -3.67. The molecule has 0 aromatic heterocycles. The first-order valence-corrected chi connectivity index (χ1v) is 17.3. The molecular weight excluding hydrogens is 824 g/mol. The quantitative estimate of drug-likeness (QED) is 0.0770. The predicted molar refractivity (Wildman–Crippen MR) is 174 cm³/mol. The summed E-state index contributed by atoms with van der Waals surface area (Å²) in [5.41, 5.74) is -2.74. The Morgan fingerprint density at radius 3 is 1.36 bits per heavy atom. The maximum absolute atomic E-state index is 10.3. The van der Waals surface area contributed by atoms with Crippen LogP contribution in [0.15, 0.2) is 0 Å². The topological polar surface area (TPSA) is 511 Å². The average molecular weight is 877 g/mol. The summed E-state index contributed by atoms with van der Waals surface area (Å²) in [7, 11) is 0. The minimum absolute atomic E-state index is 0.667. The van der Waals surface area contributed by atoms with Crippen LogP contribution in [0, 0.1) is 0 Å². The Morgan fingerprint density at radius 2 is 0.966 bits per heavy atom. The van der Waals surface area contributed by atoms with E-state index in [2.05, 4.69) is 0 Å². The maximum Gasteiger partial charge on any atom is 0.336 e. The van der Waals surface area contributed by atoms with Crippen molar-refractivity contribution in [3.8, 4) is 0 Å². The molecule has 0 aliphatic carbocycles. The molecule has 4 rings (SSSR count). The lowest BCUT2D eigenvalue weighted by atomic mass is 9.96. The Morgan fingerprint density at radius 1 is 0.525 bits per heavy atom. The zero-order valence-electron chi connectivity index (χ0n) is 30.5. The molecule has 0 spiro atoms. The summed E-state index contributed by atoms with van der Waals surface area (Å²) < 4.78 is 30.7. The molecule has 29 heteroatoms. The third-order valence-electron chi connectivity index (χ3n) is 9.33. The maximum atomic E-state index is 10.3. The molecule has 0 saturated carbocycles. The van der Waals surface area contributed by atoms with Gasteiger partial charge in [-0.2, -0.15) is 0 Å². The van der Waals surface area contributed by atoms with Gasteiger partial charge in [-0.05, 0) is 0 Å². The van der Waals surface area contributed by atoms with Gasteiger partial charge in [0.1, 0.15) is 98.2 Å². The van der Waals surface area contributed by atoms with Crippen molar-refractivity contribution in [1.29, 1.82) is 0 Å². The molecule has 0 amide bonds. The lowest BCUT2D eigenvalue weighted by molar-refractivity contribution is -0.383. The Kier molecular flexibility index (Phi) is 20.1. The number of ether oxygens (including phenoxy) is 6. The highest BCUT2D eigenvalue weighted by Gasteiger charge is 2.58. The highest BCUT2D eigenvalue weighted by Crippen LogP contribution is 2.36. The molecule has 0 aromatic carbocycles. The van der Waals surface area contributed by atoms with E-state index >= 15 is 0 Å². The summed E-state index contributed by atoms with van der Waals surface area (Å²) in [5, 5.41) is 187. The second-order valence-corrected chi connectivity index (χ2v) is 13.6. The Labute approximate surface area is 330 Å². The second kappa shape index (κ2) is 22.5. The van der Waals surface area contributed by atoms with Crippen molar-refractivity contribution in [3.05, 3.63) is 0 Å². The van der Waals surface area contributed by atoms with Crippen molar-refractivity contribution in [2.45, 2.75) is 135 Å². The van der Waals surface area contributed by atoms with Crippen LogP contribution in [0.5, 0.6) is 0 Å². The molecule has 4 fully saturated rings. The molecule has 59 heavy (non-hydrogen) atoms. The highest BCUT2D eigenvalue weighted by atomic mass is 16.8. The first kappa shape index (κ1) is 52.6. The number of carbonyl (C=O) groups is 3. The van der Waals surface area contributed by atoms with Gasteiger partial charge in [-0.25, -0.2) is 4.79 Å². The number of rotatable bonds is 14. The first-order valence-electron chi connectivity index (χ1n) is 17.3. The van der Waals surface area contributed by atoms with E-state index in [0.29, 0.717) is 0 Å². The van der Waals surface area contributed by atoms with Crippen molar-refractivity contribution < 1.29 is 145 Å². The zero-order chi connectivity index (χ0) is 45.3.